The van der Waals surface area contributed by atoms with Gasteiger partial charge < -0.3 is 29.5 Å². The lowest BCUT2D eigenvalue weighted by Gasteiger charge is -2.38. The molecule has 2 N–H and O–H groups in total. The van der Waals surface area contributed by atoms with Gasteiger partial charge in [-0.2, -0.15) is 0 Å². The number of pyridine rings is 1. The molecule has 2 aliphatic rings. The van der Waals surface area contributed by atoms with Crippen molar-refractivity contribution >= 4 is 23.5 Å². The number of aromatic nitrogens is 1. The fourth-order valence-electron chi connectivity index (χ4n) is 5.52. The molecule has 4 aromatic rings. The molecule has 3 atom stereocenters. The molecule has 2 aliphatic heterocycles. The first-order valence-electron chi connectivity index (χ1n) is 14.8. The molecule has 0 spiro atoms. The zero-order valence-corrected chi connectivity index (χ0v) is 24.7. The van der Waals surface area contributed by atoms with Crippen LogP contribution in [0.3, 0.4) is 0 Å². The second-order valence-corrected chi connectivity index (χ2v) is 11.2. The van der Waals surface area contributed by atoms with Crippen molar-refractivity contribution in [2.24, 2.45) is 0 Å². The summed E-state index contributed by atoms with van der Waals surface area (Å²) in [6, 6.07) is 25.1. The Bertz CT molecular complexity index is 1690. The minimum atomic E-state index is -0.768. The Morgan fingerprint density at radius 2 is 1.76 bits per heavy atom. The number of amides is 1. The third kappa shape index (κ3) is 7.16. The molecule has 0 bridgehead atoms. The van der Waals surface area contributed by atoms with E-state index >= 15 is 0 Å². The van der Waals surface area contributed by atoms with Gasteiger partial charge in [-0.05, 0) is 60.6 Å². The number of aliphatic hydroxyl groups is 1. The minimum absolute atomic E-state index is 0.0343. The zero-order chi connectivity index (χ0) is 31.3. The fourth-order valence-corrected chi connectivity index (χ4v) is 5.52. The SMILES string of the molecule is CN(CCc1ccccn1)CC1CC(c2ccc(CO)cc2)OC(c2cccc(NC(=O)c3ccc4c(c3)C(=O)OC4=O)c2)O1. The van der Waals surface area contributed by atoms with E-state index in [1.165, 1.54) is 18.2 Å². The first-order chi connectivity index (χ1) is 21.9. The second kappa shape index (κ2) is 13.5. The lowest BCUT2D eigenvalue weighted by Crippen LogP contribution is -2.38. The number of nitrogens with zero attached hydrogens (tertiary/aromatic N) is 2. The predicted octanol–water partition coefficient (Wildman–Crippen LogP) is 4.86. The molecule has 45 heavy (non-hydrogen) atoms. The summed E-state index contributed by atoms with van der Waals surface area (Å²) >= 11 is 0. The first kappa shape index (κ1) is 30.3. The molecular formula is C35H33N3O7. The molecule has 3 aromatic carbocycles. The van der Waals surface area contributed by atoms with Crippen LogP contribution >= 0.6 is 0 Å². The Morgan fingerprint density at radius 3 is 2.53 bits per heavy atom. The Hall–Kier alpha value is -4.74. The van der Waals surface area contributed by atoms with Gasteiger partial charge in [0.05, 0.1) is 29.9 Å². The summed E-state index contributed by atoms with van der Waals surface area (Å²) in [5.41, 5.74) is 4.52. The molecule has 1 fully saturated rings. The predicted molar refractivity (Wildman–Crippen MR) is 164 cm³/mol. The number of cyclic esters (lactones) is 2. The van der Waals surface area contributed by atoms with Crippen LogP contribution in [0, 0.1) is 0 Å². The topological polar surface area (TPSA) is 127 Å². The monoisotopic (exact) mass is 607 g/mol. The van der Waals surface area contributed by atoms with Crippen molar-refractivity contribution in [2.45, 2.75) is 37.9 Å². The number of hydrogen-bond donors (Lipinski definition) is 2. The van der Waals surface area contributed by atoms with Gasteiger partial charge in [0.15, 0.2) is 6.29 Å². The molecule has 3 heterocycles. The molecule has 0 radical (unpaired) electrons. The van der Waals surface area contributed by atoms with Gasteiger partial charge in [-0.1, -0.05) is 42.5 Å². The first-order valence-corrected chi connectivity index (χ1v) is 14.8. The normalized spacial score (nSPS) is 19.3. The number of rotatable bonds is 10. The molecule has 6 rings (SSSR count). The van der Waals surface area contributed by atoms with Crippen molar-refractivity contribution in [1.82, 2.24) is 9.88 Å². The number of fused-ring (bicyclic) bond motifs is 1. The molecule has 3 unspecified atom stereocenters. The minimum Gasteiger partial charge on any atom is -0.392 e. The summed E-state index contributed by atoms with van der Waals surface area (Å²) in [6.45, 7) is 1.46. The van der Waals surface area contributed by atoms with Crippen LogP contribution in [0.4, 0.5) is 5.69 Å². The molecule has 0 saturated carbocycles. The fraction of sp³-hybridized carbons (Fsp3) is 0.257. The maximum absolute atomic E-state index is 13.1. The van der Waals surface area contributed by atoms with E-state index in [4.69, 9.17) is 9.47 Å². The quantitative estimate of drug-likeness (QED) is 0.192. The number of carbonyl (C=O) groups is 3. The van der Waals surface area contributed by atoms with Crippen LogP contribution in [0.5, 0.6) is 0 Å². The second-order valence-electron chi connectivity index (χ2n) is 11.2. The standard InChI is InChI=1S/C35H33N3O7/c1-38(16-14-26-6-2-3-15-36-26)20-28-19-31(23-10-8-22(21-39)9-11-23)44-35(43-28)25-5-4-7-27(17-25)37-32(40)24-12-13-29-30(18-24)34(42)45-33(29)41/h2-13,15,17-18,28,31,35,39H,14,16,19-21H2,1H3,(H,37,40). The van der Waals surface area contributed by atoms with E-state index in [1.54, 1.807) is 18.3 Å². The van der Waals surface area contributed by atoms with E-state index in [1.807, 2.05) is 54.6 Å². The number of hydrogen-bond acceptors (Lipinski definition) is 9. The Morgan fingerprint density at radius 1 is 0.933 bits per heavy atom. The molecule has 1 amide bonds. The van der Waals surface area contributed by atoms with Crippen LogP contribution in [0.25, 0.3) is 0 Å². The third-order valence-electron chi connectivity index (χ3n) is 7.93. The number of carbonyl (C=O) groups excluding carboxylic acids is 3. The Balaban J connectivity index is 1.18. The van der Waals surface area contributed by atoms with E-state index in [9.17, 15) is 19.5 Å². The van der Waals surface area contributed by atoms with Gasteiger partial charge >= 0.3 is 11.9 Å². The van der Waals surface area contributed by atoms with Gasteiger partial charge in [-0.25, -0.2) is 9.59 Å². The Labute approximate surface area is 260 Å². The summed E-state index contributed by atoms with van der Waals surface area (Å²) in [4.78, 5) is 43.5. The highest BCUT2D eigenvalue weighted by atomic mass is 16.7. The number of ether oxygens (including phenoxy) is 3. The van der Waals surface area contributed by atoms with Crippen LogP contribution in [0.2, 0.25) is 0 Å². The van der Waals surface area contributed by atoms with Crippen molar-refractivity contribution in [2.75, 3.05) is 25.5 Å². The number of aliphatic hydroxyl groups excluding tert-OH is 1. The molecular weight excluding hydrogens is 574 g/mol. The summed E-state index contributed by atoms with van der Waals surface area (Å²) in [5, 5.41) is 12.4. The van der Waals surface area contributed by atoms with Gasteiger partial charge in [-0.15, -0.1) is 0 Å². The number of benzene rings is 3. The lowest BCUT2D eigenvalue weighted by molar-refractivity contribution is -0.252. The van der Waals surface area contributed by atoms with Crippen LogP contribution in [0.15, 0.2) is 91.1 Å². The number of anilines is 1. The average molecular weight is 608 g/mol. The third-order valence-corrected chi connectivity index (χ3v) is 7.93. The van der Waals surface area contributed by atoms with Crippen LogP contribution < -0.4 is 5.32 Å². The lowest BCUT2D eigenvalue weighted by atomic mass is 9.99. The maximum atomic E-state index is 13.1. The van der Waals surface area contributed by atoms with Crippen molar-refractivity contribution in [3.05, 3.63) is 130 Å². The van der Waals surface area contributed by atoms with E-state index < -0.39 is 24.1 Å². The smallest absolute Gasteiger partial charge is 0.346 e. The van der Waals surface area contributed by atoms with Crippen molar-refractivity contribution < 1.29 is 33.7 Å². The van der Waals surface area contributed by atoms with Crippen LogP contribution in [0.1, 0.15) is 72.3 Å². The summed E-state index contributed by atoms with van der Waals surface area (Å²) in [5.74, 6) is -1.93. The highest BCUT2D eigenvalue weighted by Crippen LogP contribution is 2.38. The van der Waals surface area contributed by atoms with E-state index in [-0.39, 0.29) is 35.5 Å². The molecule has 10 nitrogen and oxygen atoms in total. The summed E-state index contributed by atoms with van der Waals surface area (Å²) < 4.78 is 17.6. The highest BCUT2D eigenvalue weighted by Gasteiger charge is 2.33. The zero-order valence-electron chi connectivity index (χ0n) is 24.7. The van der Waals surface area contributed by atoms with E-state index in [2.05, 4.69) is 27.0 Å². The van der Waals surface area contributed by atoms with E-state index in [0.717, 1.165) is 35.3 Å². The summed E-state index contributed by atoms with van der Waals surface area (Å²) in [7, 11) is 2.06. The van der Waals surface area contributed by atoms with Crippen molar-refractivity contribution in [3.63, 3.8) is 0 Å². The van der Waals surface area contributed by atoms with Gasteiger partial charge in [-0.3, -0.25) is 9.78 Å². The van der Waals surface area contributed by atoms with Crippen molar-refractivity contribution in [3.8, 4) is 0 Å². The van der Waals surface area contributed by atoms with Crippen LogP contribution in [-0.2, 0) is 27.2 Å². The molecule has 0 aliphatic carbocycles. The molecule has 230 valence electrons. The van der Waals surface area contributed by atoms with Gasteiger partial charge in [0.2, 0.25) is 0 Å². The van der Waals surface area contributed by atoms with Crippen LogP contribution in [-0.4, -0.2) is 59.1 Å². The molecule has 10 heteroatoms. The molecule has 1 aromatic heterocycles. The van der Waals surface area contributed by atoms with E-state index in [0.29, 0.717) is 18.7 Å². The van der Waals surface area contributed by atoms with Crippen molar-refractivity contribution in [1.29, 1.82) is 0 Å². The summed E-state index contributed by atoms with van der Waals surface area (Å²) in [6.07, 6.45) is 2.16. The van der Waals surface area contributed by atoms with Gasteiger partial charge in [0.1, 0.15) is 0 Å². The number of nitrogens with one attached hydrogen (secondary N) is 1. The van der Waals surface area contributed by atoms with Gasteiger partial charge in [0, 0.05) is 54.6 Å². The molecule has 1 saturated heterocycles. The highest BCUT2D eigenvalue weighted by molar-refractivity contribution is 6.16. The number of likely N-dealkylation sites (N-methyl/N-ethyl adjacent to an activating group) is 1. The number of esters is 2. The maximum Gasteiger partial charge on any atom is 0.346 e. The van der Waals surface area contributed by atoms with Gasteiger partial charge in [0.25, 0.3) is 5.91 Å². The average Bonchev–Trinajstić information content (AvgIpc) is 3.36. The Kier molecular flexibility index (Phi) is 9.08. The largest absolute Gasteiger partial charge is 0.392 e.